The summed E-state index contributed by atoms with van der Waals surface area (Å²) in [5.74, 6) is 1.59. The van der Waals surface area contributed by atoms with E-state index in [-0.39, 0.29) is 6.04 Å². The van der Waals surface area contributed by atoms with Crippen LogP contribution in [0.5, 0.6) is 5.75 Å². The van der Waals surface area contributed by atoms with Crippen LogP contribution in [0.2, 0.25) is 0 Å². The van der Waals surface area contributed by atoms with Crippen molar-refractivity contribution in [2.75, 3.05) is 32.6 Å². The van der Waals surface area contributed by atoms with E-state index in [2.05, 4.69) is 39.3 Å². The van der Waals surface area contributed by atoms with E-state index in [1.165, 1.54) is 0 Å². The Balaban J connectivity index is 1.53. The molecule has 6 bridgehead atoms. The molecule has 5 rings (SSSR count). The summed E-state index contributed by atoms with van der Waals surface area (Å²) in [6.45, 7) is 3.05. The number of fused-ring (bicyclic) bond motifs is 8. The average molecular weight is 497 g/mol. The number of nitrogens with zero attached hydrogens (tertiary/aromatic N) is 5. The maximum atomic E-state index is 13.2. The Morgan fingerprint density at radius 1 is 1.11 bits per heavy atom. The van der Waals surface area contributed by atoms with Crippen LogP contribution in [0.15, 0.2) is 48.7 Å². The molecule has 8 heteroatoms. The third-order valence-electron chi connectivity index (χ3n) is 7.13. The smallest absolute Gasteiger partial charge is 0.227 e. The standard InChI is InChI=1S/C29H32N6O2/c1-34-11-4-6-27(36)26-5-3-12-35(26)18-21-13-20(17-30)14-24(15-21)32-29-31-10-9-25(33-29)22-7-8-28(37-2)23(16-22)19-34/h7-10,13-16,26H,3-6,11-12,18-19H2,1-2H3,(H,31,32,33)/t26-/m0/s1. The van der Waals surface area contributed by atoms with E-state index in [1.54, 1.807) is 19.4 Å². The lowest BCUT2D eigenvalue weighted by Crippen LogP contribution is -2.36. The van der Waals surface area contributed by atoms with Crippen molar-refractivity contribution >= 4 is 17.4 Å². The van der Waals surface area contributed by atoms with Crippen molar-refractivity contribution in [2.45, 2.75) is 44.8 Å². The number of anilines is 2. The van der Waals surface area contributed by atoms with Gasteiger partial charge in [0.2, 0.25) is 5.95 Å². The minimum atomic E-state index is -0.0636. The summed E-state index contributed by atoms with van der Waals surface area (Å²) in [4.78, 5) is 26.8. The van der Waals surface area contributed by atoms with Gasteiger partial charge in [-0.05, 0) is 87.4 Å². The van der Waals surface area contributed by atoms with Crippen molar-refractivity contribution in [3.8, 4) is 23.1 Å². The fraction of sp³-hybridized carbons (Fsp3) is 0.379. The SMILES string of the molecule is COc1ccc2cc1CN(C)CCCC(=O)[C@@H]1CCCN1Cc1cc(C#N)cc(c1)Nc1nccc-2n1. The first-order valence-corrected chi connectivity index (χ1v) is 12.8. The Morgan fingerprint density at radius 3 is 2.84 bits per heavy atom. The van der Waals surface area contributed by atoms with Crippen LogP contribution in [-0.4, -0.2) is 58.8 Å². The highest BCUT2D eigenvalue weighted by atomic mass is 16.5. The summed E-state index contributed by atoms with van der Waals surface area (Å²) in [6, 6.07) is 15.9. The summed E-state index contributed by atoms with van der Waals surface area (Å²) >= 11 is 0. The van der Waals surface area contributed by atoms with Gasteiger partial charge in [0, 0.05) is 42.5 Å². The molecule has 0 aliphatic carbocycles. The fourth-order valence-corrected chi connectivity index (χ4v) is 5.36. The third kappa shape index (κ3) is 5.79. The number of nitriles is 1. The Labute approximate surface area is 217 Å². The molecular weight excluding hydrogens is 464 g/mol. The Kier molecular flexibility index (Phi) is 7.45. The summed E-state index contributed by atoms with van der Waals surface area (Å²) < 4.78 is 5.63. The molecule has 3 aromatic rings. The van der Waals surface area contributed by atoms with E-state index in [4.69, 9.17) is 9.72 Å². The van der Waals surface area contributed by atoms with Gasteiger partial charge in [0.1, 0.15) is 11.5 Å². The lowest BCUT2D eigenvalue weighted by Gasteiger charge is -2.24. The molecule has 2 aliphatic heterocycles. The number of ketones is 1. The fourth-order valence-electron chi connectivity index (χ4n) is 5.36. The van der Waals surface area contributed by atoms with Gasteiger partial charge in [-0.3, -0.25) is 9.69 Å². The molecule has 0 spiro atoms. The number of Topliss-reactive ketones (excluding diaryl/α,β-unsaturated/α-hetero) is 1. The van der Waals surface area contributed by atoms with Gasteiger partial charge in [0.15, 0.2) is 0 Å². The molecule has 2 aromatic carbocycles. The number of hydrogen-bond acceptors (Lipinski definition) is 8. The zero-order chi connectivity index (χ0) is 25.8. The largest absolute Gasteiger partial charge is 0.496 e. The minimum Gasteiger partial charge on any atom is -0.496 e. The number of ether oxygens (including phenoxy) is 1. The van der Waals surface area contributed by atoms with Gasteiger partial charge in [-0.2, -0.15) is 5.26 Å². The summed E-state index contributed by atoms with van der Waals surface area (Å²) in [5, 5.41) is 12.9. The van der Waals surface area contributed by atoms with E-state index in [0.29, 0.717) is 36.8 Å². The quantitative estimate of drug-likeness (QED) is 0.525. The van der Waals surface area contributed by atoms with Gasteiger partial charge >= 0.3 is 0 Å². The van der Waals surface area contributed by atoms with Gasteiger partial charge < -0.3 is 15.0 Å². The third-order valence-corrected chi connectivity index (χ3v) is 7.13. The zero-order valence-corrected chi connectivity index (χ0v) is 21.4. The molecule has 1 aromatic heterocycles. The lowest BCUT2D eigenvalue weighted by atomic mass is 10.0. The highest BCUT2D eigenvalue weighted by Gasteiger charge is 2.30. The predicted octanol–water partition coefficient (Wildman–Crippen LogP) is 4.53. The van der Waals surface area contributed by atoms with E-state index in [1.807, 2.05) is 30.3 Å². The summed E-state index contributed by atoms with van der Waals surface area (Å²) in [7, 11) is 3.76. The molecule has 1 saturated heterocycles. The zero-order valence-electron chi connectivity index (χ0n) is 21.4. The van der Waals surface area contributed by atoms with Crippen LogP contribution in [0.25, 0.3) is 11.3 Å². The van der Waals surface area contributed by atoms with E-state index < -0.39 is 0 Å². The van der Waals surface area contributed by atoms with Gasteiger partial charge in [-0.25, -0.2) is 9.97 Å². The van der Waals surface area contributed by atoms with Crippen LogP contribution >= 0.6 is 0 Å². The molecule has 0 saturated carbocycles. The number of hydrogen-bond donors (Lipinski definition) is 1. The molecule has 3 heterocycles. The molecule has 1 atom stereocenters. The first kappa shape index (κ1) is 24.9. The maximum Gasteiger partial charge on any atom is 0.227 e. The van der Waals surface area contributed by atoms with Crippen LogP contribution in [0.1, 0.15) is 42.4 Å². The van der Waals surface area contributed by atoms with E-state index in [9.17, 15) is 10.1 Å². The van der Waals surface area contributed by atoms with Crippen LogP contribution in [-0.2, 0) is 17.9 Å². The molecule has 0 amide bonds. The molecule has 0 radical (unpaired) electrons. The van der Waals surface area contributed by atoms with Crippen LogP contribution in [0, 0.1) is 11.3 Å². The second-order valence-electron chi connectivity index (χ2n) is 9.88. The minimum absolute atomic E-state index is 0.0636. The predicted molar refractivity (Wildman–Crippen MR) is 142 cm³/mol. The van der Waals surface area contributed by atoms with Crippen LogP contribution in [0.3, 0.4) is 0 Å². The Morgan fingerprint density at radius 2 is 2.00 bits per heavy atom. The second-order valence-corrected chi connectivity index (χ2v) is 9.88. The maximum absolute atomic E-state index is 13.2. The Bertz CT molecular complexity index is 1330. The second kappa shape index (κ2) is 11.1. The van der Waals surface area contributed by atoms with Crippen LogP contribution < -0.4 is 10.1 Å². The Hall–Kier alpha value is -3.80. The number of carbonyl (C=O) groups is 1. The van der Waals surface area contributed by atoms with Crippen molar-refractivity contribution in [3.63, 3.8) is 0 Å². The van der Waals surface area contributed by atoms with E-state index >= 15 is 0 Å². The van der Waals surface area contributed by atoms with Crippen LogP contribution in [0.4, 0.5) is 11.6 Å². The topological polar surface area (TPSA) is 94.4 Å². The average Bonchev–Trinajstić information content (AvgIpc) is 3.36. The first-order valence-electron chi connectivity index (χ1n) is 12.8. The molecule has 1 N–H and O–H groups in total. The molecule has 1 fully saturated rings. The highest BCUT2D eigenvalue weighted by Crippen LogP contribution is 2.29. The van der Waals surface area contributed by atoms with Crippen molar-refractivity contribution in [2.24, 2.45) is 0 Å². The monoisotopic (exact) mass is 496 g/mol. The lowest BCUT2D eigenvalue weighted by molar-refractivity contribution is -0.123. The molecular formula is C29H32N6O2. The number of nitrogens with one attached hydrogen (secondary N) is 1. The number of aromatic nitrogens is 2. The van der Waals surface area contributed by atoms with Crippen molar-refractivity contribution < 1.29 is 9.53 Å². The molecule has 190 valence electrons. The molecule has 8 nitrogen and oxygen atoms in total. The molecule has 0 unspecified atom stereocenters. The summed E-state index contributed by atoms with van der Waals surface area (Å²) in [5.41, 5.74) is 5.14. The van der Waals surface area contributed by atoms with Gasteiger partial charge in [-0.15, -0.1) is 0 Å². The molecule has 2 aliphatic rings. The normalized spacial score (nSPS) is 19.1. The van der Waals surface area contributed by atoms with Gasteiger partial charge in [0.25, 0.3) is 0 Å². The van der Waals surface area contributed by atoms with Crippen molar-refractivity contribution in [1.82, 2.24) is 19.8 Å². The van der Waals surface area contributed by atoms with Gasteiger partial charge in [-0.1, -0.05) is 0 Å². The van der Waals surface area contributed by atoms with Crippen molar-refractivity contribution in [1.29, 1.82) is 5.26 Å². The first-order chi connectivity index (χ1) is 18.0. The van der Waals surface area contributed by atoms with Gasteiger partial charge in [0.05, 0.1) is 30.5 Å². The van der Waals surface area contributed by atoms with Crippen molar-refractivity contribution in [3.05, 3.63) is 65.4 Å². The molecule has 37 heavy (non-hydrogen) atoms. The number of benzene rings is 2. The number of methoxy groups -OCH3 is 1. The summed E-state index contributed by atoms with van der Waals surface area (Å²) in [6.07, 6.45) is 5.02. The number of rotatable bonds is 1. The number of carbonyl (C=O) groups excluding carboxylic acids is 1. The van der Waals surface area contributed by atoms with E-state index in [0.717, 1.165) is 66.2 Å². The highest BCUT2D eigenvalue weighted by molar-refractivity contribution is 5.84.